The number of nitrogens with one attached hydrogen (secondary N) is 1. The van der Waals surface area contributed by atoms with Crippen LogP contribution >= 0.6 is 11.6 Å². The summed E-state index contributed by atoms with van der Waals surface area (Å²) in [5.41, 5.74) is 3.98. The summed E-state index contributed by atoms with van der Waals surface area (Å²) < 4.78 is 12.8. The van der Waals surface area contributed by atoms with Crippen LogP contribution in [0.2, 0.25) is 5.02 Å². The molecule has 234 valence electrons. The van der Waals surface area contributed by atoms with E-state index >= 15 is 0 Å². The Kier molecular flexibility index (Phi) is 8.18. The molecule has 0 radical (unpaired) electrons. The topological polar surface area (TPSA) is 106 Å². The van der Waals surface area contributed by atoms with Gasteiger partial charge in [-0.1, -0.05) is 66.2 Å². The number of nitrogens with zero attached hydrogens (tertiary/aromatic N) is 4. The molecule has 1 N–H and O–H groups in total. The maximum Gasteiger partial charge on any atom is 0.410 e. The fraction of sp³-hybridized carbons (Fsp3) is 0.353. The molecule has 0 spiro atoms. The number of halogens is 1. The van der Waals surface area contributed by atoms with Gasteiger partial charge < -0.3 is 24.7 Å². The Morgan fingerprint density at radius 3 is 2.20 bits per heavy atom. The third-order valence-electron chi connectivity index (χ3n) is 8.11. The van der Waals surface area contributed by atoms with E-state index in [2.05, 4.69) is 29.6 Å². The minimum Gasteiger partial charge on any atom is -0.449 e. The van der Waals surface area contributed by atoms with Crippen LogP contribution in [0.3, 0.4) is 0 Å². The molecule has 3 aromatic carbocycles. The van der Waals surface area contributed by atoms with Crippen molar-refractivity contribution in [3.63, 3.8) is 0 Å². The van der Waals surface area contributed by atoms with Gasteiger partial charge in [0, 0.05) is 19.0 Å². The van der Waals surface area contributed by atoms with Gasteiger partial charge in [0.25, 0.3) is 5.56 Å². The van der Waals surface area contributed by atoms with Crippen molar-refractivity contribution in [2.45, 2.75) is 45.3 Å². The van der Waals surface area contributed by atoms with Crippen LogP contribution in [-0.4, -0.2) is 65.1 Å². The van der Waals surface area contributed by atoms with Crippen molar-refractivity contribution in [1.29, 1.82) is 0 Å². The zero-order chi connectivity index (χ0) is 31.9. The number of aromatic nitrogens is 2. The first kappa shape index (κ1) is 30.5. The summed E-state index contributed by atoms with van der Waals surface area (Å²) >= 11 is 6.46. The van der Waals surface area contributed by atoms with Crippen LogP contribution in [0.1, 0.15) is 56.6 Å². The number of carbonyl (C=O) groups excluding carboxylic acids is 2. The van der Waals surface area contributed by atoms with Crippen molar-refractivity contribution >= 4 is 34.7 Å². The number of ether oxygens (including phenoxy) is 2. The zero-order valence-electron chi connectivity index (χ0n) is 25.7. The van der Waals surface area contributed by atoms with Crippen molar-refractivity contribution in [2.24, 2.45) is 0 Å². The molecule has 1 aromatic heterocycles. The minimum atomic E-state index is -0.694. The molecule has 1 atom stereocenters. The van der Waals surface area contributed by atoms with Crippen molar-refractivity contribution in [1.82, 2.24) is 19.9 Å². The number of benzene rings is 3. The van der Waals surface area contributed by atoms with E-state index in [0.29, 0.717) is 37.5 Å². The van der Waals surface area contributed by atoms with Crippen LogP contribution in [0.4, 0.5) is 9.59 Å². The first-order chi connectivity index (χ1) is 21.5. The number of amides is 2. The highest BCUT2D eigenvalue weighted by Crippen LogP contribution is 2.44. The second-order valence-electron chi connectivity index (χ2n) is 12.3. The van der Waals surface area contributed by atoms with Crippen molar-refractivity contribution < 1.29 is 19.1 Å². The molecule has 1 aliphatic carbocycles. The fourth-order valence-electron chi connectivity index (χ4n) is 6.04. The summed E-state index contributed by atoms with van der Waals surface area (Å²) in [6.07, 6.45) is -1.02. The Labute approximate surface area is 266 Å². The number of carbonyl (C=O) groups is 2. The van der Waals surface area contributed by atoms with Gasteiger partial charge in [-0.15, -0.1) is 0 Å². The van der Waals surface area contributed by atoms with Crippen LogP contribution in [0.25, 0.3) is 22.0 Å². The van der Waals surface area contributed by atoms with Gasteiger partial charge in [-0.3, -0.25) is 4.79 Å². The number of hydrogen-bond acceptors (Lipinski definition) is 7. The molecule has 2 heterocycles. The Balaban J connectivity index is 1.22. The summed E-state index contributed by atoms with van der Waals surface area (Å²) in [7, 11) is 0. The lowest BCUT2D eigenvalue weighted by Gasteiger charge is -2.38. The smallest absolute Gasteiger partial charge is 0.410 e. The standard InChI is InChI=1S/C34H36ClN5O5/c1-21(36-32(42)44-20-26-24-12-7-5-10-22(24)23-11-6-8-13-25(23)26)30-37-28-15-9-14-27(35)29(28)31(41)40(30)39-18-16-38(17-19-39)33(43)45-34(2,3)4/h5-15,21,26H,16-20H2,1-4H3,(H,36,42)/t21-/m0/s1. The Bertz CT molecular complexity index is 1780. The summed E-state index contributed by atoms with van der Waals surface area (Å²) in [6, 6.07) is 20.7. The molecule has 0 bridgehead atoms. The number of fused-ring (bicyclic) bond motifs is 4. The largest absolute Gasteiger partial charge is 0.449 e. The van der Waals surface area contributed by atoms with E-state index in [0.717, 1.165) is 22.3 Å². The number of hydrogen-bond donors (Lipinski definition) is 1. The molecule has 0 unspecified atom stereocenters. The Morgan fingerprint density at radius 2 is 1.58 bits per heavy atom. The van der Waals surface area contributed by atoms with E-state index in [1.54, 1.807) is 30.0 Å². The van der Waals surface area contributed by atoms with Gasteiger partial charge in [-0.05, 0) is 62.1 Å². The highest BCUT2D eigenvalue weighted by atomic mass is 35.5. The Hall–Kier alpha value is -4.57. The predicted molar refractivity (Wildman–Crippen MR) is 173 cm³/mol. The lowest BCUT2D eigenvalue weighted by Crippen LogP contribution is -2.57. The van der Waals surface area contributed by atoms with E-state index in [4.69, 9.17) is 26.1 Å². The molecule has 4 aromatic rings. The molecule has 10 nitrogen and oxygen atoms in total. The highest BCUT2D eigenvalue weighted by molar-refractivity contribution is 6.35. The molecule has 2 aliphatic rings. The van der Waals surface area contributed by atoms with Gasteiger partial charge in [0.2, 0.25) is 0 Å². The second-order valence-corrected chi connectivity index (χ2v) is 12.7. The number of rotatable bonds is 5. The summed E-state index contributed by atoms with van der Waals surface area (Å²) in [5, 5.41) is 5.27. The molecule has 11 heteroatoms. The Morgan fingerprint density at radius 1 is 0.956 bits per heavy atom. The maximum atomic E-state index is 13.9. The lowest BCUT2D eigenvalue weighted by molar-refractivity contribution is 0.0231. The first-order valence-electron chi connectivity index (χ1n) is 15.1. The summed E-state index contributed by atoms with van der Waals surface area (Å²) in [4.78, 5) is 46.2. The van der Waals surface area contributed by atoms with Crippen molar-refractivity contribution in [3.05, 3.63) is 99.1 Å². The molecular formula is C34H36ClN5O5. The van der Waals surface area contributed by atoms with Crippen LogP contribution in [-0.2, 0) is 9.47 Å². The first-order valence-corrected chi connectivity index (χ1v) is 15.5. The van der Waals surface area contributed by atoms with Gasteiger partial charge in [0.1, 0.15) is 12.2 Å². The quantitative estimate of drug-likeness (QED) is 0.296. The van der Waals surface area contributed by atoms with Crippen LogP contribution in [0.5, 0.6) is 0 Å². The molecule has 0 saturated carbocycles. The van der Waals surface area contributed by atoms with Gasteiger partial charge >= 0.3 is 12.2 Å². The van der Waals surface area contributed by atoms with E-state index in [1.807, 2.05) is 50.0 Å². The van der Waals surface area contributed by atoms with E-state index in [9.17, 15) is 14.4 Å². The maximum absolute atomic E-state index is 13.9. The second kappa shape index (κ2) is 12.1. The molecule has 1 fully saturated rings. The van der Waals surface area contributed by atoms with E-state index in [1.165, 1.54) is 4.68 Å². The third kappa shape index (κ3) is 6.07. The number of alkyl carbamates (subject to hydrolysis) is 1. The summed E-state index contributed by atoms with van der Waals surface area (Å²) in [6.45, 7) is 8.76. The molecule has 2 amide bonds. The summed E-state index contributed by atoms with van der Waals surface area (Å²) in [5.74, 6) is 0.243. The SMILES string of the molecule is C[C@H](NC(=O)OCC1c2ccccc2-c2ccccc21)c1nc2cccc(Cl)c2c(=O)n1N1CCN(C(=O)OC(C)(C)C)CC1. The minimum absolute atomic E-state index is 0.0844. The average molecular weight is 630 g/mol. The van der Waals surface area contributed by atoms with Crippen LogP contribution in [0.15, 0.2) is 71.5 Å². The fourth-order valence-corrected chi connectivity index (χ4v) is 6.29. The van der Waals surface area contributed by atoms with Crippen LogP contribution in [0, 0.1) is 0 Å². The lowest BCUT2D eigenvalue weighted by atomic mass is 9.98. The monoisotopic (exact) mass is 629 g/mol. The normalized spacial score (nSPS) is 15.4. The van der Waals surface area contributed by atoms with Gasteiger partial charge in [0.05, 0.1) is 35.1 Å². The average Bonchev–Trinajstić information content (AvgIpc) is 3.32. The van der Waals surface area contributed by atoms with Gasteiger partial charge in [0.15, 0.2) is 5.82 Å². The van der Waals surface area contributed by atoms with Crippen LogP contribution < -0.4 is 15.9 Å². The highest BCUT2D eigenvalue weighted by Gasteiger charge is 2.31. The molecule has 1 aliphatic heterocycles. The van der Waals surface area contributed by atoms with E-state index < -0.39 is 23.8 Å². The molecule has 6 rings (SSSR count). The third-order valence-corrected chi connectivity index (χ3v) is 8.42. The van der Waals surface area contributed by atoms with Gasteiger partial charge in [-0.25, -0.2) is 19.2 Å². The molecule has 45 heavy (non-hydrogen) atoms. The number of piperazine rings is 1. The van der Waals surface area contributed by atoms with Crippen molar-refractivity contribution in [2.75, 3.05) is 37.8 Å². The molecular weight excluding hydrogens is 594 g/mol. The van der Waals surface area contributed by atoms with E-state index in [-0.39, 0.29) is 28.5 Å². The van der Waals surface area contributed by atoms with Gasteiger partial charge in [-0.2, -0.15) is 0 Å². The molecule has 1 saturated heterocycles. The van der Waals surface area contributed by atoms with Crippen molar-refractivity contribution in [3.8, 4) is 11.1 Å². The predicted octanol–water partition coefficient (Wildman–Crippen LogP) is 5.84. The zero-order valence-corrected chi connectivity index (χ0v) is 26.5.